The van der Waals surface area contributed by atoms with Gasteiger partial charge in [0.2, 0.25) is 0 Å². The van der Waals surface area contributed by atoms with Gasteiger partial charge in [-0.25, -0.2) is 0 Å². The molecule has 38 N–H and O–H groups in total. The standard InChI is InChI=1S/Al.H2O4S.18H2O.3H/c;1-5(2,3)4;;;;;;;;;;;;;;;;;;;;;/h;(H2,1,2,3,4);18*1H2;;;. The van der Waals surface area contributed by atoms with Crippen molar-refractivity contribution in [1.29, 1.82) is 0 Å². The maximum atomic E-state index is 8.74. The van der Waals surface area contributed by atoms with Gasteiger partial charge in [0.25, 0.3) is 0 Å². The average molecular weight is 452 g/mol. The molecule has 0 aliphatic carbocycles. The Morgan fingerprint density at radius 2 is 0.333 bits per heavy atom. The largest absolute Gasteiger partial charge is 0.412 e. The van der Waals surface area contributed by atoms with E-state index in [1.165, 1.54) is 0 Å². The molecule has 0 rings (SSSR count). The number of hydrogen-bond donors (Lipinski definition) is 2. The Morgan fingerprint density at radius 1 is 0.333 bits per heavy atom. The highest BCUT2D eigenvalue weighted by Crippen LogP contribution is 1.59. The molecule has 24 heteroatoms. The molecule has 0 aliphatic heterocycles. The molecule has 0 aromatic carbocycles. The van der Waals surface area contributed by atoms with Crippen LogP contribution in [0.2, 0.25) is 0 Å². The van der Waals surface area contributed by atoms with Gasteiger partial charge in [0.1, 0.15) is 0 Å². The van der Waals surface area contributed by atoms with Crippen LogP contribution < -0.4 is 0 Å². The van der Waals surface area contributed by atoms with Gasteiger partial charge in [-0.1, -0.05) is 0 Å². The summed E-state index contributed by atoms with van der Waals surface area (Å²) in [4.78, 5) is 0. The molecule has 0 aromatic heterocycles. The summed E-state index contributed by atoms with van der Waals surface area (Å²) in [6, 6.07) is 0. The topological polar surface area (TPSA) is 642 Å². The van der Waals surface area contributed by atoms with Crippen LogP contribution in [0.3, 0.4) is 0 Å². The van der Waals surface area contributed by atoms with Crippen LogP contribution in [0, 0.1) is 0 Å². The Bertz CT molecular complexity index is 95.1. The van der Waals surface area contributed by atoms with E-state index < -0.39 is 10.4 Å². The van der Waals surface area contributed by atoms with Crippen molar-refractivity contribution in [2.45, 2.75) is 0 Å². The van der Waals surface area contributed by atoms with Crippen molar-refractivity contribution >= 4 is 27.8 Å². The summed E-state index contributed by atoms with van der Waals surface area (Å²) in [7, 11) is -4.67. The summed E-state index contributed by atoms with van der Waals surface area (Å²) >= 11 is 0. The smallest absolute Gasteiger partial charge is 0.394 e. The van der Waals surface area contributed by atoms with Gasteiger partial charge in [0.15, 0.2) is 17.4 Å². The first-order valence-electron chi connectivity index (χ1n) is 0.698. The highest BCUT2D eigenvalue weighted by atomic mass is 32.3. The maximum Gasteiger partial charge on any atom is 0.394 e. The van der Waals surface area contributed by atoms with Crippen molar-refractivity contribution in [2.24, 2.45) is 0 Å². The molecule has 0 atom stereocenters. The molecule has 0 spiro atoms. The lowest BCUT2D eigenvalue weighted by atomic mass is 15.8. The Morgan fingerprint density at radius 3 is 0.333 bits per heavy atom. The SMILES string of the molecule is O.O.O.O.O.O.O.O.O.O.O.O.O.O.O.O.O.O.O=S(=O)(O)O.[AlH3]. The first-order valence-corrected chi connectivity index (χ1v) is 2.10. The third-order valence-electron chi connectivity index (χ3n) is 0. The van der Waals surface area contributed by atoms with Gasteiger partial charge < -0.3 is 98.6 Å². The first kappa shape index (κ1) is 899. The Balaban J connectivity index is -0.000000000468. The number of rotatable bonds is 0. The van der Waals surface area contributed by atoms with Crippen molar-refractivity contribution in [3.05, 3.63) is 0 Å². The lowest BCUT2D eigenvalue weighted by molar-refractivity contribution is 0.380. The second-order valence-electron chi connectivity index (χ2n) is 0.448. The van der Waals surface area contributed by atoms with Gasteiger partial charge in [-0.05, 0) is 0 Å². The molecule has 0 saturated carbocycles. The van der Waals surface area contributed by atoms with Crippen molar-refractivity contribution in [3.8, 4) is 0 Å². The van der Waals surface area contributed by atoms with Crippen LogP contribution in [-0.4, -0.2) is 133 Å². The highest BCUT2D eigenvalue weighted by Gasteiger charge is 1.84. The van der Waals surface area contributed by atoms with Crippen LogP contribution >= 0.6 is 0 Å². The predicted molar refractivity (Wildman–Crippen MR) is 89.2 cm³/mol. The fourth-order valence-electron chi connectivity index (χ4n) is 0. The molecule has 182 valence electrons. The van der Waals surface area contributed by atoms with Crippen LogP contribution in [0.1, 0.15) is 0 Å². The van der Waals surface area contributed by atoms with Gasteiger partial charge in [-0.15, -0.1) is 0 Å². The van der Waals surface area contributed by atoms with Crippen molar-refractivity contribution < 1.29 is 116 Å². The molecule has 0 aliphatic rings. The summed E-state index contributed by atoms with van der Waals surface area (Å²) in [5.41, 5.74) is 0. The van der Waals surface area contributed by atoms with E-state index in [1.807, 2.05) is 0 Å². The minimum absolute atomic E-state index is 0. The monoisotopic (exact) mass is 452 g/mol. The van der Waals surface area contributed by atoms with E-state index in [-0.39, 0.29) is 116 Å². The number of hydrogen-bond acceptors (Lipinski definition) is 2. The van der Waals surface area contributed by atoms with Crippen LogP contribution in [-0.2, 0) is 10.4 Å². The van der Waals surface area contributed by atoms with Crippen LogP contribution in [0.5, 0.6) is 0 Å². The molecule has 24 heavy (non-hydrogen) atoms. The molecule has 0 heterocycles. The summed E-state index contributed by atoms with van der Waals surface area (Å²) in [5.74, 6) is 0. The molecular formula is H41AlO22S. The molecule has 0 amide bonds. The van der Waals surface area contributed by atoms with E-state index in [4.69, 9.17) is 17.5 Å². The zero-order chi connectivity index (χ0) is 4.50. The minimum atomic E-state index is -4.67. The lowest BCUT2D eigenvalue weighted by Gasteiger charge is -1.68. The van der Waals surface area contributed by atoms with Gasteiger partial charge >= 0.3 is 10.4 Å². The second-order valence-corrected chi connectivity index (χ2v) is 1.34. The molecule has 0 bridgehead atoms. The second kappa shape index (κ2) is 330. The third-order valence-corrected chi connectivity index (χ3v) is 0. The molecule has 0 radical (unpaired) electrons. The quantitative estimate of drug-likeness (QED) is 0.267. The summed E-state index contributed by atoms with van der Waals surface area (Å²) in [6.45, 7) is 0. The van der Waals surface area contributed by atoms with Crippen molar-refractivity contribution in [1.82, 2.24) is 0 Å². The molecule has 0 saturated heterocycles. The lowest BCUT2D eigenvalue weighted by Crippen LogP contribution is -1.89. The Kier molecular flexibility index (Phi) is 12400. The van der Waals surface area contributed by atoms with Gasteiger partial charge in [-0.2, -0.15) is 8.42 Å². The third kappa shape index (κ3) is 92000. The van der Waals surface area contributed by atoms with Gasteiger partial charge in [0, 0.05) is 0 Å². The first-order chi connectivity index (χ1) is 2.00. The Hall–Kier alpha value is -0.318. The molecule has 22 nitrogen and oxygen atoms in total. The molecule has 0 aromatic rings. The minimum Gasteiger partial charge on any atom is -0.412 e. The molecule has 0 fully saturated rings. The Labute approximate surface area is 145 Å². The van der Waals surface area contributed by atoms with Crippen LogP contribution in [0.4, 0.5) is 0 Å². The summed E-state index contributed by atoms with van der Waals surface area (Å²) in [6.07, 6.45) is 0. The van der Waals surface area contributed by atoms with E-state index in [1.54, 1.807) is 0 Å². The zero-order valence-corrected chi connectivity index (χ0v) is 11.9. The average Bonchev–Trinajstić information content (AvgIpc) is 0.722. The fraction of sp³-hybridized carbons (Fsp3) is 0. The van der Waals surface area contributed by atoms with Crippen LogP contribution in [0.15, 0.2) is 0 Å². The van der Waals surface area contributed by atoms with E-state index in [0.29, 0.717) is 0 Å². The van der Waals surface area contributed by atoms with Crippen LogP contribution in [0.25, 0.3) is 0 Å². The van der Waals surface area contributed by atoms with E-state index in [9.17, 15) is 0 Å². The fourth-order valence-corrected chi connectivity index (χ4v) is 0. The maximum absolute atomic E-state index is 8.74. The van der Waals surface area contributed by atoms with Gasteiger partial charge in [0.05, 0.1) is 0 Å². The predicted octanol–water partition coefficient (Wildman–Crippen LogP) is -16.7. The molecular weight excluding hydrogens is 411 g/mol. The summed E-state index contributed by atoms with van der Waals surface area (Å²) in [5, 5.41) is 0. The summed E-state index contributed by atoms with van der Waals surface area (Å²) < 4.78 is 31.6. The van der Waals surface area contributed by atoms with Crippen molar-refractivity contribution in [3.63, 3.8) is 0 Å². The zero-order valence-electron chi connectivity index (χ0n) is 11.1. The van der Waals surface area contributed by atoms with E-state index in [2.05, 4.69) is 0 Å². The van der Waals surface area contributed by atoms with Gasteiger partial charge in [-0.3, -0.25) is 9.11 Å². The highest BCUT2D eigenvalue weighted by molar-refractivity contribution is 7.79. The normalized spacial score (nSPS) is 2.42. The van der Waals surface area contributed by atoms with E-state index in [0.717, 1.165) is 0 Å². The van der Waals surface area contributed by atoms with E-state index >= 15 is 0 Å². The van der Waals surface area contributed by atoms with Crippen molar-refractivity contribution in [2.75, 3.05) is 0 Å². The molecule has 0 unspecified atom stereocenters.